The van der Waals surface area contributed by atoms with Crippen LogP contribution in [0.15, 0.2) is 23.6 Å². The number of aromatic nitrogens is 1. The first-order chi connectivity index (χ1) is 12.5. The third-order valence-corrected chi connectivity index (χ3v) is 5.62. The molecule has 6 nitrogen and oxygen atoms in total. The maximum atomic E-state index is 11.9. The molecule has 0 amide bonds. The summed E-state index contributed by atoms with van der Waals surface area (Å²) in [4.78, 5) is 20.8. The lowest BCUT2D eigenvalue weighted by molar-refractivity contribution is -0.144. The van der Waals surface area contributed by atoms with Crippen molar-refractivity contribution in [3.63, 3.8) is 0 Å². The lowest BCUT2D eigenvalue weighted by Gasteiger charge is -2.37. The molecule has 0 aliphatic carbocycles. The number of carboxylic acid groups (broad SMARTS) is 1. The number of aryl methyl sites for hydroxylation is 2. The highest BCUT2D eigenvalue weighted by molar-refractivity contribution is 7.09. The number of hydrogen-bond acceptors (Lipinski definition) is 6. The van der Waals surface area contributed by atoms with Crippen LogP contribution in [0.3, 0.4) is 0 Å². The normalized spacial score (nSPS) is 17.2. The van der Waals surface area contributed by atoms with E-state index in [-0.39, 0.29) is 0 Å². The number of ether oxygens (including phenoxy) is 1. The number of benzene rings is 1. The predicted molar refractivity (Wildman–Crippen MR) is 102 cm³/mol. The number of thiazole rings is 1. The molecule has 1 aliphatic heterocycles. The molecule has 2 heterocycles. The van der Waals surface area contributed by atoms with Crippen LogP contribution in [0.4, 0.5) is 0 Å². The molecule has 0 bridgehead atoms. The van der Waals surface area contributed by atoms with Crippen molar-refractivity contribution in [2.75, 3.05) is 33.3 Å². The lowest BCUT2D eigenvalue weighted by atomic mass is 10.0. The molecule has 26 heavy (non-hydrogen) atoms. The van der Waals surface area contributed by atoms with E-state index >= 15 is 0 Å². The second-order valence-corrected chi connectivity index (χ2v) is 7.70. The summed E-state index contributed by atoms with van der Waals surface area (Å²) in [5.41, 5.74) is 2.86. The molecular weight excluding hydrogens is 350 g/mol. The number of carbonyl (C=O) groups is 1. The van der Waals surface area contributed by atoms with Gasteiger partial charge in [0.2, 0.25) is 0 Å². The Morgan fingerprint density at radius 1 is 1.31 bits per heavy atom. The Hall–Kier alpha value is -1.96. The Morgan fingerprint density at radius 3 is 2.58 bits per heavy atom. The van der Waals surface area contributed by atoms with Gasteiger partial charge in [0.15, 0.2) is 0 Å². The summed E-state index contributed by atoms with van der Waals surface area (Å²) in [7, 11) is 1.62. The first-order valence-corrected chi connectivity index (χ1v) is 9.60. The summed E-state index contributed by atoms with van der Waals surface area (Å²) < 4.78 is 5.29. The average Bonchev–Trinajstić information content (AvgIpc) is 3.01. The Morgan fingerprint density at radius 2 is 2.04 bits per heavy atom. The van der Waals surface area contributed by atoms with Crippen molar-refractivity contribution >= 4 is 17.3 Å². The van der Waals surface area contributed by atoms with Crippen LogP contribution in [0.25, 0.3) is 0 Å². The van der Waals surface area contributed by atoms with Crippen molar-refractivity contribution in [3.05, 3.63) is 45.4 Å². The molecule has 1 saturated heterocycles. The van der Waals surface area contributed by atoms with Gasteiger partial charge in [-0.15, -0.1) is 11.3 Å². The van der Waals surface area contributed by atoms with Gasteiger partial charge in [0.05, 0.1) is 17.8 Å². The zero-order chi connectivity index (χ0) is 18.7. The fourth-order valence-electron chi connectivity index (χ4n) is 3.47. The minimum absolute atomic E-state index is 0.622. The molecule has 1 aromatic carbocycles. The third kappa shape index (κ3) is 4.23. The van der Waals surface area contributed by atoms with E-state index in [1.165, 1.54) is 0 Å². The number of piperazine rings is 1. The highest BCUT2D eigenvalue weighted by atomic mass is 32.1. The first-order valence-electron chi connectivity index (χ1n) is 8.72. The minimum Gasteiger partial charge on any atom is -0.496 e. The van der Waals surface area contributed by atoms with Crippen molar-refractivity contribution in [1.29, 1.82) is 0 Å². The molecule has 1 N–H and O–H groups in total. The number of hydrogen-bond donors (Lipinski definition) is 1. The van der Waals surface area contributed by atoms with Gasteiger partial charge in [-0.3, -0.25) is 14.6 Å². The van der Waals surface area contributed by atoms with Crippen LogP contribution in [0.1, 0.15) is 27.9 Å². The first kappa shape index (κ1) is 18.8. The summed E-state index contributed by atoms with van der Waals surface area (Å²) in [6.07, 6.45) is 0. The molecule has 0 spiro atoms. The average molecular weight is 375 g/mol. The van der Waals surface area contributed by atoms with Crippen LogP contribution in [0, 0.1) is 13.8 Å². The third-order valence-electron chi connectivity index (χ3n) is 4.79. The van der Waals surface area contributed by atoms with Gasteiger partial charge in [0.1, 0.15) is 11.8 Å². The second kappa shape index (κ2) is 8.16. The summed E-state index contributed by atoms with van der Waals surface area (Å²) in [5.74, 6) is -0.0283. The van der Waals surface area contributed by atoms with Gasteiger partial charge in [0, 0.05) is 38.1 Å². The maximum Gasteiger partial charge on any atom is 0.325 e. The molecular formula is C19H25N3O3S. The van der Waals surface area contributed by atoms with E-state index in [0.717, 1.165) is 60.3 Å². The van der Waals surface area contributed by atoms with Crippen molar-refractivity contribution in [2.24, 2.45) is 0 Å². The lowest BCUT2D eigenvalue weighted by Crippen LogP contribution is -2.48. The van der Waals surface area contributed by atoms with Gasteiger partial charge in [-0.2, -0.15) is 0 Å². The molecule has 0 saturated carbocycles. The van der Waals surface area contributed by atoms with Gasteiger partial charge in [-0.25, -0.2) is 4.98 Å². The number of methoxy groups -OCH3 is 1. The van der Waals surface area contributed by atoms with Gasteiger partial charge in [0.25, 0.3) is 0 Å². The highest BCUT2D eigenvalue weighted by Crippen LogP contribution is 2.27. The summed E-state index contributed by atoms with van der Waals surface area (Å²) in [6, 6.07) is 5.00. The van der Waals surface area contributed by atoms with E-state index in [4.69, 9.17) is 4.74 Å². The minimum atomic E-state index is -0.807. The van der Waals surface area contributed by atoms with E-state index in [9.17, 15) is 9.90 Å². The number of aliphatic carboxylic acids is 1. The molecule has 1 fully saturated rings. The van der Waals surface area contributed by atoms with Crippen molar-refractivity contribution in [1.82, 2.24) is 14.8 Å². The highest BCUT2D eigenvalue weighted by Gasteiger charge is 2.30. The summed E-state index contributed by atoms with van der Waals surface area (Å²) in [6.45, 7) is 7.92. The molecule has 140 valence electrons. The molecule has 3 rings (SSSR count). The van der Waals surface area contributed by atoms with E-state index in [2.05, 4.69) is 15.3 Å². The quantitative estimate of drug-likeness (QED) is 0.837. The van der Waals surface area contributed by atoms with Crippen molar-refractivity contribution in [3.8, 4) is 5.75 Å². The standard InChI is InChI=1S/C19H25N3O3S/c1-13-10-15(4-5-17(13)25-3)18(19(23)24)22-8-6-21(7-9-22)11-16-12-26-14(2)20-16/h4-5,10,12,18H,6-9,11H2,1-3H3,(H,23,24)/t18-/m1/s1. The number of carboxylic acids is 1. The van der Waals surface area contributed by atoms with Crippen LogP contribution >= 0.6 is 11.3 Å². The molecule has 0 radical (unpaired) electrons. The number of nitrogens with zero attached hydrogens (tertiary/aromatic N) is 3. The maximum absolute atomic E-state index is 11.9. The molecule has 2 aromatic rings. The molecule has 1 aromatic heterocycles. The van der Waals surface area contributed by atoms with Crippen LogP contribution in [-0.4, -0.2) is 59.1 Å². The Bertz CT molecular complexity index is 769. The monoisotopic (exact) mass is 375 g/mol. The van der Waals surface area contributed by atoms with Crippen LogP contribution in [-0.2, 0) is 11.3 Å². The van der Waals surface area contributed by atoms with Gasteiger partial charge >= 0.3 is 5.97 Å². The Kier molecular flexibility index (Phi) is 5.90. The van der Waals surface area contributed by atoms with Crippen LogP contribution < -0.4 is 4.74 Å². The molecule has 1 atom stereocenters. The molecule has 1 aliphatic rings. The zero-order valence-corrected chi connectivity index (χ0v) is 16.3. The van der Waals surface area contributed by atoms with Gasteiger partial charge in [-0.1, -0.05) is 12.1 Å². The van der Waals surface area contributed by atoms with Crippen molar-refractivity contribution < 1.29 is 14.6 Å². The summed E-state index contributed by atoms with van der Waals surface area (Å²) in [5, 5.41) is 13.0. The zero-order valence-electron chi connectivity index (χ0n) is 15.4. The largest absolute Gasteiger partial charge is 0.496 e. The number of rotatable bonds is 6. The molecule has 0 unspecified atom stereocenters. The Labute approximate surface area is 158 Å². The van der Waals surface area contributed by atoms with Crippen molar-refractivity contribution in [2.45, 2.75) is 26.4 Å². The van der Waals surface area contributed by atoms with E-state index < -0.39 is 12.0 Å². The van der Waals surface area contributed by atoms with Gasteiger partial charge in [-0.05, 0) is 31.0 Å². The van der Waals surface area contributed by atoms with Crippen LogP contribution in [0.2, 0.25) is 0 Å². The SMILES string of the molecule is COc1ccc([C@H](C(=O)O)N2CCN(Cc3csc(C)n3)CC2)cc1C. The second-order valence-electron chi connectivity index (χ2n) is 6.64. The van der Waals surface area contributed by atoms with E-state index in [1.54, 1.807) is 18.4 Å². The fraction of sp³-hybridized carbons (Fsp3) is 0.474. The van der Waals surface area contributed by atoms with Crippen LogP contribution in [0.5, 0.6) is 5.75 Å². The Balaban J connectivity index is 1.67. The topological polar surface area (TPSA) is 65.9 Å². The summed E-state index contributed by atoms with van der Waals surface area (Å²) >= 11 is 1.67. The smallest absolute Gasteiger partial charge is 0.325 e. The predicted octanol–water partition coefficient (Wildman–Crippen LogP) is 2.71. The van der Waals surface area contributed by atoms with Gasteiger partial charge < -0.3 is 9.84 Å². The van der Waals surface area contributed by atoms with E-state index in [0.29, 0.717) is 0 Å². The molecule has 7 heteroatoms. The van der Waals surface area contributed by atoms with E-state index in [1.807, 2.05) is 36.9 Å². The fourth-order valence-corrected chi connectivity index (χ4v) is 4.07.